The molecule has 3 aromatic rings. The van der Waals surface area contributed by atoms with E-state index in [4.69, 9.17) is 9.73 Å². The molecule has 0 radical (unpaired) electrons. The van der Waals surface area contributed by atoms with Gasteiger partial charge in [-0.1, -0.05) is 71.0 Å². The van der Waals surface area contributed by atoms with Gasteiger partial charge in [0.15, 0.2) is 6.33 Å². The Balaban J connectivity index is 0.000000194. The van der Waals surface area contributed by atoms with Gasteiger partial charge in [-0.3, -0.25) is 4.79 Å². The van der Waals surface area contributed by atoms with Crippen LogP contribution in [0.2, 0.25) is 0 Å². The maximum Gasteiger partial charge on any atom is 0.250 e. The Bertz CT molecular complexity index is 874. The van der Waals surface area contributed by atoms with E-state index in [0.29, 0.717) is 5.89 Å². The molecule has 0 aliphatic rings. The van der Waals surface area contributed by atoms with Crippen molar-refractivity contribution in [1.29, 1.82) is 0 Å². The van der Waals surface area contributed by atoms with Gasteiger partial charge in [0.05, 0.1) is 0 Å². The number of aromatic nitrogens is 2. The van der Waals surface area contributed by atoms with Crippen molar-refractivity contribution in [1.82, 2.24) is 15.5 Å². The molecule has 0 spiro atoms. The summed E-state index contributed by atoms with van der Waals surface area (Å²) in [5, 5.41) is 16.4. The van der Waals surface area contributed by atoms with Gasteiger partial charge in [0, 0.05) is 12.2 Å². The number of hydrogen-bond acceptors (Lipinski definition) is 6. The van der Waals surface area contributed by atoms with Crippen molar-refractivity contribution >= 4 is 30.5 Å². The lowest BCUT2D eigenvalue weighted by molar-refractivity contribution is -0.115. The monoisotopic (exact) mass is 362 g/mol. The minimum atomic E-state index is -0.341. The van der Waals surface area contributed by atoms with Gasteiger partial charge in [0.1, 0.15) is 6.34 Å². The molecule has 0 saturated heterocycles. The highest BCUT2D eigenvalue weighted by Crippen LogP contribution is 2.04. The number of carbonyl (C=O) groups is 1. The minimum Gasteiger partial charge on any atom is -0.410 e. The molecule has 7 heteroatoms. The number of oxime groups is 1. The first-order chi connectivity index (χ1) is 13.3. The van der Waals surface area contributed by atoms with Gasteiger partial charge >= 0.3 is 0 Å². The number of nitrogens with zero attached hydrogens (tertiary/aromatic N) is 3. The minimum absolute atomic E-state index is 0.341. The molecule has 2 aromatic carbocycles. The van der Waals surface area contributed by atoms with Crippen molar-refractivity contribution in [3.05, 3.63) is 90.1 Å². The zero-order chi connectivity index (χ0) is 19.2. The second-order valence-corrected chi connectivity index (χ2v) is 5.02. The Morgan fingerprint density at radius 3 is 2.15 bits per heavy atom. The molecule has 7 nitrogen and oxygen atoms in total. The average molecular weight is 362 g/mol. The fourth-order valence-electron chi connectivity index (χ4n) is 1.86. The smallest absolute Gasteiger partial charge is 0.250 e. The molecule has 0 bridgehead atoms. The molecular weight excluding hydrogens is 344 g/mol. The largest absolute Gasteiger partial charge is 0.410 e. The molecule has 2 N–H and O–H groups in total. The first kappa shape index (κ1) is 19.3. The number of carbonyl (C=O) groups excluding carboxylic acids is 1. The Labute approximate surface area is 156 Å². The summed E-state index contributed by atoms with van der Waals surface area (Å²) in [4.78, 5) is 14.8. The maximum atomic E-state index is 11.0. The van der Waals surface area contributed by atoms with Crippen molar-refractivity contribution < 1.29 is 14.5 Å². The van der Waals surface area contributed by atoms with Crippen molar-refractivity contribution in [3.8, 4) is 0 Å². The molecule has 0 atom stereocenters. The summed E-state index contributed by atoms with van der Waals surface area (Å²) in [7, 11) is 0. The summed E-state index contributed by atoms with van der Waals surface area (Å²) < 4.78 is 4.81. The second-order valence-electron chi connectivity index (χ2n) is 5.02. The van der Waals surface area contributed by atoms with Crippen LogP contribution in [-0.2, 0) is 4.79 Å². The van der Waals surface area contributed by atoms with Crippen LogP contribution in [0.1, 0.15) is 17.0 Å². The van der Waals surface area contributed by atoms with Crippen molar-refractivity contribution in [3.63, 3.8) is 0 Å². The van der Waals surface area contributed by atoms with E-state index in [1.807, 2.05) is 66.7 Å². The molecule has 3 rings (SSSR count). The first-order valence-corrected chi connectivity index (χ1v) is 7.97. The molecule has 0 aliphatic heterocycles. The third-order valence-electron chi connectivity index (χ3n) is 3.09. The van der Waals surface area contributed by atoms with Gasteiger partial charge in [-0.15, -0.1) is 0 Å². The molecule has 136 valence electrons. The third kappa shape index (κ3) is 8.08. The molecule has 1 aromatic heterocycles. The lowest BCUT2D eigenvalue weighted by atomic mass is 10.2. The maximum absolute atomic E-state index is 11.0. The number of amides is 1. The van der Waals surface area contributed by atoms with Gasteiger partial charge in [-0.2, -0.15) is 4.98 Å². The quantitative estimate of drug-likeness (QED) is 0.238. The Morgan fingerprint density at radius 2 is 1.59 bits per heavy atom. The number of benzene rings is 2. The second kappa shape index (κ2) is 11.5. The van der Waals surface area contributed by atoms with Crippen LogP contribution in [0.3, 0.4) is 0 Å². The Hall–Kier alpha value is -4.00. The van der Waals surface area contributed by atoms with E-state index in [-0.39, 0.29) is 5.91 Å². The van der Waals surface area contributed by atoms with Crippen LogP contribution in [0, 0.1) is 0 Å². The van der Waals surface area contributed by atoms with Gasteiger partial charge in [-0.05, 0) is 23.3 Å². The summed E-state index contributed by atoms with van der Waals surface area (Å²) in [6.07, 6.45) is 9.02. The molecule has 0 aliphatic carbocycles. The lowest BCUT2D eigenvalue weighted by Gasteiger charge is -1.91. The Kier molecular flexibility index (Phi) is 8.26. The number of rotatable bonds is 5. The van der Waals surface area contributed by atoms with E-state index in [1.54, 1.807) is 12.2 Å². The van der Waals surface area contributed by atoms with Crippen molar-refractivity contribution in [2.45, 2.75) is 0 Å². The van der Waals surface area contributed by atoms with Crippen LogP contribution in [-0.4, -0.2) is 27.6 Å². The molecule has 27 heavy (non-hydrogen) atoms. The zero-order valence-corrected chi connectivity index (χ0v) is 14.3. The van der Waals surface area contributed by atoms with Gasteiger partial charge in [-0.25, -0.2) is 0 Å². The number of hydrogen-bond donors (Lipinski definition) is 2. The highest BCUT2D eigenvalue weighted by Gasteiger charge is 1.91. The first-order valence-electron chi connectivity index (χ1n) is 7.97. The van der Waals surface area contributed by atoms with E-state index >= 15 is 0 Å². The summed E-state index contributed by atoms with van der Waals surface area (Å²) in [5.74, 6) is 0.176. The fourth-order valence-corrected chi connectivity index (χ4v) is 1.86. The summed E-state index contributed by atoms with van der Waals surface area (Å²) >= 11 is 0. The van der Waals surface area contributed by atoms with E-state index in [0.717, 1.165) is 17.5 Å². The van der Waals surface area contributed by atoms with E-state index < -0.39 is 0 Å². The third-order valence-corrected chi connectivity index (χ3v) is 3.09. The molecule has 1 heterocycles. The van der Waals surface area contributed by atoms with Gasteiger partial charge < -0.3 is 15.0 Å². The highest BCUT2D eigenvalue weighted by atomic mass is 16.5. The lowest BCUT2D eigenvalue weighted by Crippen LogP contribution is -2.18. The molecule has 0 saturated carbocycles. The molecule has 0 fully saturated rings. The SMILES string of the molecule is C(=C\c1ncno1)/c1ccccc1.O=C(C=Cc1ccccc1)NC=NO. The van der Waals surface area contributed by atoms with Gasteiger partial charge in [0.25, 0.3) is 0 Å². The van der Waals surface area contributed by atoms with Crippen molar-refractivity contribution in [2.75, 3.05) is 0 Å². The van der Waals surface area contributed by atoms with E-state index in [2.05, 4.69) is 20.6 Å². The van der Waals surface area contributed by atoms with Crippen LogP contribution in [0.5, 0.6) is 0 Å². The zero-order valence-electron chi connectivity index (χ0n) is 14.3. The summed E-state index contributed by atoms with van der Waals surface area (Å²) in [6.45, 7) is 0. The molecular formula is C20H18N4O3. The standard InChI is InChI=1S/C10H10N2O2.C10H8N2O/c13-10(11-8-12-14)7-6-9-4-2-1-3-5-9;1-2-4-9(5-3-1)6-7-10-11-8-12-13-10/h1-8,14H,(H,11,12,13);1-8H/b;7-6+. The summed E-state index contributed by atoms with van der Waals surface area (Å²) in [5.41, 5.74) is 2.05. The summed E-state index contributed by atoms with van der Waals surface area (Å²) in [6, 6.07) is 19.4. The van der Waals surface area contributed by atoms with Crippen LogP contribution in [0.4, 0.5) is 0 Å². The van der Waals surface area contributed by atoms with Crippen molar-refractivity contribution in [2.24, 2.45) is 5.16 Å². The average Bonchev–Trinajstić information content (AvgIpc) is 3.25. The molecule has 1 amide bonds. The van der Waals surface area contributed by atoms with Crippen LogP contribution < -0.4 is 5.32 Å². The highest BCUT2D eigenvalue weighted by molar-refractivity contribution is 5.98. The Morgan fingerprint density at radius 1 is 0.963 bits per heavy atom. The van der Waals surface area contributed by atoms with E-state index in [9.17, 15) is 4.79 Å². The predicted molar refractivity (Wildman–Crippen MR) is 104 cm³/mol. The fraction of sp³-hybridized carbons (Fsp3) is 0. The molecule has 0 unspecified atom stereocenters. The van der Waals surface area contributed by atoms with Crippen LogP contribution in [0.25, 0.3) is 18.2 Å². The van der Waals surface area contributed by atoms with Gasteiger partial charge in [0.2, 0.25) is 11.8 Å². The van der Waals surface area contributed by atoms with Crippen LogP contribution >= 0.6 is 0 Å². The predicted octanol–water partition coefficient (Wildman–Crippen LogP) is 3.47. The number of nitrogens with one attached hydrogen (secondary N) is 1. The topological polar surface area (TPSA) is 101 Å². The van der Waals surface area contributed by atoms with Crippen LogP contribution in [0.15, 0.2) is 82.7 Å². The normalized spacial score (nSPS) is 10.8. The van der Waals surface area contributed by atoms with E-state index in [1.165, 1.54) is 12.4 Å².